The zero-order chi connectivity index (χ0) is 28.9. The van der Waals surface area contributed by atoms with Crippen molar-refractivity contribution in [2.24, 2.45) is 0 Å². The first-order chi connectivity index (χ1) is 19.0. The van der Waals surface area contributed by atoms with Gasteiger partial charge in [0.15, 0.2) is 5.78 Å². The number of hydrogen-bond donors (Lipinski definition) is 2. The molecule has 0 saturated heterocycles. The number of Topliss-reactive ketones (excluding diaryl/α,β-unsaturated/α-hetero) is 1. The number of aryl methyl sites for hydroxylation is 1. The van der Waals surface area contributed by atoms with Crippen LogP contribution in [0.25, 0.3) is 22.3 Å². The van der Waals surface area contributed by atoms with Gasteiger partial charge in [0, 0.05) is 41.9 Å². The van der Waals surface area contributed by atoms with Crippen LogP contribution in [-0.2, 0) is 17.5 Å². The van der Waals surface area contributed by atoms with E-state index in [9.17, 15) is 22.8 Å². The molecule has 40 heavy (non-hydrogen) atoms. The summed E-state index contributed by atoms with van der Waals surface area (Å²) < 4.78 is 40.5. The average Bonchev–Trinajstić information content (AvgIpc) is 2.91. The van der Waals surface area contributed by atoms with Crippen molar-refractivity contribution in [3.8, 4) is 22.3 Å². The number of ketones is 1. The summed E-state index contributed by atoms with van der Waals surface area (Å²) in [6.07, 6.45) is -3.08. The summed E-state index contributed by atoms with van der Waals surface area (Å²) in [4.78, 5) is 27.1. The molecule has 1 aromatic heterocycles. The van der Waals surface area contributed by atoms with E-state index in [2.05, 4.69) is 10.3 Å². The van der Waals surface area contributed by atoms with Gasteiger partial charge in [-0.2, -0.15) is 13.2 Å². The van der Waals surface area contributed by atoms with Crippen molar-refractivity contribution in [2.75, 3.05) is 5.32 Å². The number of rotatable bonds is 10. The molecule has 0 bridgehead atoms. The van der Waals surface area contributed by atoms with Crippen molar-refractivity contribution in [1.82, 2.24) is 4.98 Å². The number of carboxylic acid groups (broad SMARTS) is 1. The smallest absolute Gasteiger partial charge is 0.416 e. The second kappa shape index (κ2) is 12.3. The average molecular weight is 567 g/mol. The fourth-order valence-corrected chi connectivity index (χ4v) is 4.56. The third kappa shape index (κ3) is 7.27. The van der Waals surface area contributed by atoms with Crippen LogP contribution in [0.3, 0.4) is 0 Å². The zero-order valence-electron chi connectivity index (χ0n) is 21.6. The van der Waals surface area contributed by atoms with Gasteiger partial charge in [-0.1, -0.05) is 41.9 Å². The zero-order valence-corrected chi connectivity index (χ0v) is 22.3. The predicted octanol–water partition coefficient (Wildman–Crippen LogP) is 8.45. The van der Waals surface area contributed by atoms with E-state index in [0.717, 1.165) is 34.5 Å². The first kappa shape index (κ1) is 28.8. The minimum absolute atomic E-state index is 0.0216. The Hall–Kier alpha value is -4.17. The normalized spacial score (nSPS) is 11.3. The highest BCUT2D eigenvalue weighted by molar-refractivity contribution is 6.30. The highest BCUT2D eigenvalue weighted by Crippen LogP contribution is 2.34. The summed E-state index contributed by atoms with van der Waals surface area (Å²) in [7, 11) is 0. The lowest BCUT2D eigenvalue weighted by molar-refractivity contribution is -0.138. The van der Waals surface area contributed by atoms with Crippen LogP contribution >= 0.6 is 11.6 Å². The molecule has 5 nitrogen and oxygen atoms in total. The fourth-order valence-electron chi connectivity index (χ4n) is 4.34. The van der Waals surface area contributed by atoms with Gasteiger partial charge in [0.25, 0.3) is 0 Å². The summed E-state index contributed by atoms with van der Waals surface area (Å²) in [5.74, 6) is -1.31. The topological polar surface area (TPSA) is 79.3 Å². The third-order valence-corrected chi connectivity index (χ3v) is 6.69. The first-order valence-electron chi connectivity index (χ1n) is 12.5. The van der Waals surface area contributed by atoms with Gasteiger partial charge in [0.1, 0.15) is 5.69 Å². The molecule has 0 aliphatic heterocycles. The molecular formula is C31H26ClF3N2O3. The van der Waals surface area contributed by atoms with E-state index in [4.69, 9.17) is 16.7 Å². The SMILES string of the molecule is Cc1cc(Cl)ccc1-c1ccc(NCc2ccc(C(F)(F)F)cc2-c2ccc(C(=O)CCCC(=O)O)nc2)cc1. The lowest BCUT2D eigenvalue weighted by Crippen LogP contribution is -2.08. The molecule has 0 aliphatic rings. The van der Waals surface area contributed by atoms with Gasteiger partial charge in [-0.15, -0.1) is 0 Å². The highest BCUT2D eigenvalue weighted by atomic mass is 35.5. The van der Waals surface area contributed by atoms with Gasteiger partial charge < -0.3 is 10.4 Å². The second-order valence-corrected chi connectivity index (χ2v) is 9.80. The lowest BCUT2D eigenvalue weighted by Gasteiger charge is -2.16. The number of hydrogen-bond acceptors (Lipinski definition) is 4. The van der Waals surface area contributed by atoms with Gasteiger partial charge in [0.05, 0.1) is 5.56 Å². The van der Waals surface area contributed by atoms with Crippen LogP contribution in [0.15, 0.2) is 79.0 Å². The van der Waals surface area contributed by atoms with Gasteiger partial charge in [0.2, 0.25) is 0 Å². The number of benzene rings is 3. The first-order valence-corrected chi connectivity index (χ1v) is 12.9. The largest absolute Gasteiger partial charge is 0.481 e. The number of carbonyl (C=O) groups is 2. The van der Waals surface area contributed by atoms with Crippen LogP contribution in [0.5, 0.6) is 0 Å². The maximum Gasteiger partial charge on any atom is 0.416 e. The monoisotopic (exact) mass is 566 g/mol. The molecule has 0 atom stereocenters. The Morgan fingerprint density at radius 2 is 1.62 bits per heavy atom. The van der Waals surface area contributed by atoms with E-state index in [0.29, 0.717) is 21.7 Å². The van der Waals surface area contributed by atoms with E-state index >= 15 is 0 Å². The maximum absolute atomic E-state index is 13.5. The summed E-state index contributed by atoms with van der Waals surface area (Å²) in [6.45, 7) is 2.24. The molecular weight excluding hydrogens is 541 g/mol. The van der Waals surface area contributed by atoms with Crippen molar-refractivity contribution in [2.45, 2.75) is 38.9 Å². The molecule has 0 fully saturated rings. The minimum Gasteiger partial charge on any atom is -0.481 e. The van der Waals surface area contributed by atoms with Crippen LogP contribution in [0, 0.1) is 6.92 Å². The van der Waals surface area contributed by atoms with E-state index in [-0.39, 0.29) is 37.3 Å². The van der Waals surface area contributed by atoms with Gasteiger partial charge >= 0.3 is 12.1 Å². The number of aromatic nitrogens is 1. The molecule has 1 heterocycles. The van der Waals surface area contributed by atoms with Crippen LogP contribution in [-0.4, -0.2) is 21.8 Å². The van der Waals surface area contributed by atoms with E-state index < -0.39 is 17.7 Å². The number of nitrogens with zero attached hydrogens (tertiary/aromatic N) is 1. The number of pyridine rings is 1. The summed E-state index contributed by atoms with van der Waals surface area (Å²) >= 11 is 6.06. The molecule has 206 valence electrons. The van der Waals surface area contributed by atoms with Crippen LogP contribution in [0.4, 0.5) is 18.9 Å². The summed E-state index contributed by atoms with van der Waals surface area (Å²) in [5, 5.41) is 12.7. The van der Waals surface area contributed by atoms with Crippen LogP contribution in [0.2, 0.25) is 5.02 Å². The van der Waals surface area contributed by atoms with Crippen molar-refractivity contribution in [3.05, 3.63) is 106 Å². The lowest BCUT2D eigenvalue weighted by atomic mass is 9.97. The van der Waals surface area contributed by atoms with Crippen molar-refractivity contribution in [1.29, 1.82) is 0 Å². The van der Waals surface area contributed by atoms with Gasteiger partial charge in [-0.3, -0.25) is 14.6 Å². The number of anilines is 1. The molecule has 0 aliphatic carbocycles. The number of carboxylic acids is 1. The van der Waals surface area contributed by atoms with Crippen molar-refractivity contribution >= 4 is 29.0 Å². The number of halogens is 4. The number of aliphatic carboxylic acids is 1. The second-order valence-electron chi connectivity index (χ2n) is 9.36. The molecule has 4 aromatic rings. The van der Waals surface area contributed by atoms with Gasteiger partial charge in [-0.25, -0.2) is 0 Å². The summed E-state index contributed by atoms with van der Waals surface area (Å²) in [5.41, 5.74) is 4.64. The van der Waals surface area contributed by atoms with Crippen LogP contribution < -0.4 is 5.32 Å². The van der Waals surface area contributed by atoms with Crippen molar-refractivity contribution in [3.63, 3.8) is 0 Å². The molecule has 2 N–H and O–H groups in total. The Kier molecular flexibility index (Phi) is 8.90. The quantitative estimate of drug-likeness (QED) is 0.188. The molecule has 0 spiro atoms. The Balaban J connectivity index is 1.54. The molecule has 0 amide bonds. The van der Waals surface area contributed by atoms with E-state index in [1.165, 1.54) is 18.3 Å². The van der Waals surface area contributed by atoms with Gasteiger partial charge in [-0.05, 0) is 83.6 Å². The summed E-state index contributed by atoms with van der Waals surface area (Å²) in [6, 6.07) is 20.0. The molecule has 0 saturated carbocycles. The van der Waals surface area contributed by atoms with E-state index in [1.807, 2.05) is 49.4 Å². The predicted molar refractivity (Wildman–Crippen MR) is 149 cm³/mol. The Labute approximate surface area is 234 Å². The number of alkyl halides is 3. The molecule has 0 radical (unpaired) electrons. The van der Waals surface area contributed by atoms with E-state index in [1.54, 1.807) is 6.07 Å². The third-order valence-electron chi connectivity index (χ3n) is 6.46. The Morgan fingerprint density at radius 1 is 0.900 bits per heavy atom. The number of carbonyl (C=O) groups excluding carboxylic acids is 1. The minimum atomic E-state index is -4.52. The van der Waals surface area contributed by atoms with Crippen molar-refractivity contribution < 1.29 is 27.9 Å². The fraction of sp³-hybridized carbons (Fsp3) is 0.194. The molecule has 0 unspecified atom stereocenters. The van der Waals surface area contributed by atoms with Crippen LogP contribution in [0.1, 0.15) is 46.4 Å². The Morgan fingerprint density at radius 3 is 2.25 bits per heavy atom. The standard InChI is InChI=1S/C31H26ClF3N2O3/c1-19-15-24(32)10-13-26(19)20-6-11-25(12-7-20)36-17-21-5-9-23(31(33,34)35)16-27(21)22-8-14-28(37-18-22)29(38)3-2-4-30(39)40/h5-16,18,36H,2-4,17H2,1H3,(H,39,40). The highest BCUT2D eigenvalue weighted by Gasteiger charge is 2.31. The Bertz CT molecular complexity index is 1520. The number of nitrogens with one attached hydrogen (secondary N) is 1. The molecule has 9 heteroatoms. The maximum atomic E-state index is 13.5. The molecule has 4 rings (SSSR count). The molecule has 3 aromatic carbocycles.